The average molecular weight is 298 g/mol. The van der Waals surface area contributed by atoms with E-state index in [2.05, 4.69) is 11.4 Å². The maximum Gasteiger partial charge on any atom is 0.0545 e. The number of halogens is 1. The van der Waals surface area contributed by atoms with Crippen molar-refractivity contribution < 1.29 is 5.11 Å². The maximum absolute atomic E-state index is 9.58. The van der Waals surface area contributed by atoms with Crippen LogP contribution in [0.4, 0.5) is 0 Å². The van der Waals surface area contributed by atoms with Gasteiger partial charge in [-0.25, -0.2) is 0 Å². The van der Waals surface area contributed by atoms with E-state index in [1.54, 1.807) is 0 Å². The van der Waals surface area contributed by atoms with E-state index in [0.29, 0.717) is 12.1 Å². The van der Waals surface area contributed by atoms with E-state index in [4.69, 9.17) is 11.6 Å². The van der Waals surface area contributed by atoms with Gasteiger partial charge < -0.3 is 10.4 Å². The van der Waals surface area contributed by atoms with E-state index in [-0.39, 0.29) is 6.10 Å². The summed E-state index contributed by atoms with van der Waals surface area (Å²) < 4.78 is 0. The van der Waals surface area contributed by atoms with Crippen LogP contribution in [0.15, 0.2) is 23.1 Å². The van der Waals surface area contributed by atoms with Crippen LogP contribution in [-0.4, -0.2) is 23.0 Å². The molecule has 1 heterocycles. The fraction of sp³-hybridized carbons (Fsp3) is 0.600. The van der Waals surface area contributed by atoms with Crippen LogP contribution in [0.2, 0.25) is 5.02 Å². The lowest BCUT2D eigenvalue weighted by atomic mass is 9.91. The summed E-state index contributed by atoms with van der Waals surface area (Å²) in [5, 5.41) is 14.2. The molecule has 0 saturated heterocycles. The predicted octanol–water partition coefficient (Wildman–Crippen LogP) is 3.77. The summed E-state index contributed by atoms with van der Waals surface area (Å²) in [4.78, 5) is 1.25. The zero-order valence-corrected chi connectivity index (χ0v) is 12.5. The summed E-state index contributed by atoms with van der Waals surface area (Å²) in [5.41, 5.74) is 1.36. The normalized spacial score (nSPS) is 30.9. The first-order chi connectivity index (χ1) is 9.24. The third-order valence-electron chi connectivity index (χ3n) is 4.16. The second-order valence-corrected chi connectivity index (χ2v) is 7.03. The predicted molar refractivity (Wildman–Crippen MR) is 80.9 cm³/mol. The van der Waals surface area contributed by atoms with Gasteiger partial charge in [-0.2, -0.15) is 0 Å². The number of aliphatic hydroxyl groups is 1. The van der Waals surface area contributed by atoms with Crippen LogP contribution in [0, 0.1) is 0 Å². The lowest BCUT2D eigenvalue weighted by Crippen LogP contribution is -2.38. The Morgan fingerprint density at radius 1 is 1.16 bits per heavy atom. The van der Waals surface area contributed by atoms with Crippen molar-refractivity contribution in [2.75, 3.05) is 5.75 Å². The lowest BCUT2D eigenvalue weighted by molar-refractivity contribution is 0.114. The number of aliphatic hydroxyl groups excluding tert-OH is 1. The largest absolute Gasteiger partial charge is 0.393 e. The maximum atomic E-state index is 9.58. The highest BCUT2D eigenvalue weighted by molar-refractivity contribution is 7.99. The highest BCUT2D eigenvalue weighted by Crippen LogP contribution is 2.41. The summed E-state index contributed by atoms with van der Waals surface area (Å²) in [6.45, 7) is 0. The first-order valence-electron chi connectivity index (χ1n) is 7.09. The molecule has 1 aliphatic heterocycles. The quantitative estimate of drug-likeness (QED) is 0.871. The zero-order chi connectivity index (χ0) is 13.2. The highest BCUT2D eigenvalue weighted by atomic mass is 35.5. The second-order valence-electron chi connectivity index (χ2n) is 5.52. The molecule has 2 N–H and O–H groups in total. The Hall–Kier alpha value is -0.220. The Kier molecular flexibility index (Phi) is 4.37. The molecule has 3 rings (SSSR count). The van der Waals surface area contributed by atoms with Gasteiger partial charge in [-0.1, -0.05) is 23.7 Å². The van der Waals surface area contributed by atoms with Crippen molar-refractivity contribution in [3.05, 3.63) is 28.8 Å². The van der Waals surface area contributed by atoms with Gasteiger partial charge in [0.2, 0.25) is 0 Å². The van der Waals surface area contributed by atoms with Crippen molar-refractivity contribution in [2.45, 2.75) is 55.2 Å². The van der Waals surface area contributed by atoms with E-state index in [9.17, 15) is 5.11 Å². The summed E-state index contributed by atoms with van der Waals surface area (Å²) in [6.07, 6.45) is 5.11. The van der Waals surface area contributed by atoms with Gasteiger partial charge in [-0.3, -0.25) is 0 Å². The van der Waals surface area contributed by atoms with Crippen LogP contribution in [0.1, 0.15) is 43.7 Å². The molecular weight excluding hydrogens is 278 g/mol. The van der Waals surface area contributed by atoms with Crippen LogP contribution in [0.3, 0.4) is 0 Å². The monoisotopic (exact) mass is 297 g/mol. The molecule has 2 aliphatic rings. The van der Waals surface area contributed by atoms with Gasteiger partial charge in [0.1, 0.15) is 0 Å². The molecule has 1 fully saturated rings. The van der Waals surface area contributed by atoms with Gasteiger partial charge in [-0.05, 0) is 49.5 Å². The van der Waals surface area contributed by atoms with Crippen molar-refractivity contribution in [2.24, 2.45) is 0 Å². The first kappa shape index (κ1) is 13.7. The smallest absolute Gasteiger partial charge is 0.0545 e. The van der Waals surface area contributed by atoms with Gasteiger partial charge in [0.25, 0.3) is 0 Å². The first-order valence-corrected chi connectivity index (χ1v) is 8.45. The molecule has 0 amide bonds. The number of thioether (sulfide) groups is 1. The number of fused-ring (bicyclic) bond motifs is 1. The molecule has 0 radical (unpaired) electrons. The molecule has 0 bridgehead atoms. The number of hydrogen-bond acceptors (Lipinski definition) is 3. The third kappa shape index (κ3) is 3.10. The Bertz CT molecular complexity index is 446. The third-order valence-corrected chi connectivity index (χ3v) is 5.77. The van der Waals surface area contributed by atoms with Crippen LogP contribution < -0.4 is 5.32 Å². The van der Waals surface area contributed by atoms with Crippen molar-refractivity contribution in [3.63, 3.8) is 0 Å². The standard InChI is InChI=1S/C15H20ClNOS/c16-13-3-1-2-12-14(8-9-19-15(12)13)17-10-4-6-11(18)7-5-10/h1-3,10-11,14,17-18H,4-9H2. The summed E-state index contributed by atoms with van der Waals surface area (Å²) in [5.74, 6) is 1.13. The molecule has 0 aromatic heterocycles. The van der Waals surface area contributed by atoms with E-state index in [0.717, 1.165) is 42.9 Å². The molecule has 19 heavy (non-hydrogen) atoms. The molecule has 4 heteroatoms. The molecule has 1 atom stereocenters. The van der Waals surface area contributed by atoms with E-state index in [1.165, 1.54) is 10.5 Å². The van der Waals surface area contributed by atoms with E-state index < -0.39 is 0 Å². The van der Waals surface area contributed by atoms with Crippen molar-refractivity contribution in [3.8, 4) is 0 Å². The van der Waals surface area contributed by atoms with Crippen LogP contribution in [0.5, 0.6) is 0 Å². The van der Waals surface area contributed by atoms with Crippen molar-refractivity contribution in [1.82, 2.24) is 5.32 Å². The number of hydrogen-bond donors (Lipinski definition) is 2. The SMILES string of the molecule is OC1CCC(NC2CCSc3c(Cl)cccc32)CC1. The topological polar surface area (TPSA) is 32.3 Å². The molecular formula is C15H20ClNOS. The van der Waals surface area contributed by atoms with Crippen LogP contribution in [0.25, 0.3) is 0 Å². The second kappa shape index (κ2) is 6.04. The Morgan fingerprint density at radius 3 is 2.74 bits per heavy atom. The summed E-state index contributed by atoms with van der Waals surface area (Å²) in [7, 11) is 0. The van der Waals surface area contributed by atoms with E-state index in [1.807, 2.05) is 23.9 Å². The number of benzene rings is 1. The summed E-state index contributed by atoms with van der Waals surface area (Å²) in [6, 6.07) is 7.19. The van der Waals surface area contributed by atoms with Gasteiger partial charge in [0.15, 0.2) is 0 Å². The average Bonchev–Trinajstić information content (AvgIpc) is 2.43. The molecule has 2 nitrogen and oxygen atoms in total. The van der Waals surface area contributed by atoms with Gasteiger partial charge in [0.05, 0.1) is 11.1 Å². The molecule has 1 unspecified atom stereocenters. The van der Waals surface area contributed by atoms with Gasteiger partial charge in [-0.15, -0.1) is 11.8 Å². The summed E-state index contributed by atoms with van der Waals surface area (Å²) >= 11 is 8.16. The minimum Gasteiger partial charge on any atom is -0.393 e. The molecule has 1 aromatic rings. The fourth-order valence-electron chi connectivity index (χ4n) is 3.09. The fourth-order valence-corrected chi connectivity index (χ4v) is 4.57. The molecule has 104 valence electrons. The van der Waals surface area contributed by atoms with Crippen LogP contribution in [-0.2, 0) is 0 Å². The number of nitrogens with one attached hydrogen (secondary N) is 1. The minimum atomic E-state index is -0.0818. The number of rotatable bonds is 2. The van der Waals surface area contributed by atoms with Gasteiger partial charge >= 0.3 is 0 Å². The van der Waals surface area contributed by atoms with E-state index >= 15 is 0 Å². The molecule has 1 aromatic carbocycles. The Morgan fingerprint density at radius 2 is 1.95 bits per heavy atom. The van der Waals surface area contributed by atoms with Crippen LogP contribution >= 0.6 is 23.4 Å². The lowest BCUT2D eigenvalue weighted by Gasteiger charge is -2.33. The Balaban J connectivity index is 1.72. The minimum absolute atomic E-state index is 0.0818. The van der Waals surface area contributed by atoms with Crippen molar-refractivity contribution >= 4 is 23.4 Å². The zero-order valence-electron chi connectivity index (χ0n) is 10.9. The van der Waals surface area contributed by atoms with Crippen molar-refractivity contribution in [1.29, 1.82) is 0 Å². The van der Waals surface area contributed by atoms with Gasteiger partial charge in [0, 0.05) is 17.0 Å². The molecule has 0 spiro atoms. The Labute approximate surface area is 123 Å². The molecule has 1 aliphatic carbocycles. The molecule has 1 saturated carbocycles. The highest BCUT2D eigenvalue weighted by Gasteiger charge is 2.26.